The molecule has 14 heteroatoms. The van der Waals surface area contributed by atoms with Crippen molar-refractivity contribution in [3.05, 3.63) is 129 Å². The number of methoxy groups -OCH3 is 2. The first kappa shape index (κ1) is 61.5. The van der Waals surface area contributed by atoms with E-state index in [2.05, 4.69) is 50.3 Å². The van der Waals surface area contributed by atoms with Crippen LogP contribution in [-0.4, -0.2) is 78.7 Å². The molecular formula is C61H91N4O9P. The highest BCUT2D eigenvalue weighted by Crippen LogP contribution is 2.51. The van der Waals surface area contributed by atoms with Crippen LogP contribution >= 0.6 is 8.53 Å². The van der Waals surface area contributed by atoms with Crippen LogP contribution in [0.4, 0.5) is 0 Å². The molecule has 0 amide bonds. The number of nitrogens with zero attached hydrogens (tertiary/aromatic N) is 3. The number of hydrogen-bond donors (Lipinski definition) is 1. The average Bonchev–Trinajstić information content (AvgIpc) is 3.75. The zero-order valence-electron chi connectivity index (χ0n) is 46.6. The van der Waals surface area contributed by atoms with E-state index >= 15 is 0 Å². The summed E-state index contributed by atoms with van der Waals surface area (Å²) < 4.78 is 49.8. The maximum absolute atomic E-state index is 13.7. The van der Waals surface area contributed by atoms with E-state index in [1.165, 1.54) is 126 Å². The van der Waals surface area contributed by atoms with Gasteiger partial charge in [-0.15, -0.1) is 0 Å². The van der Waals surface area contributed by atoms with E-state index in [4.69, 9.17) is 32.7 Å². The molecule has 0 radical (unpaired) electrons. The number of nitrogens with one attached hydrogen (secondary N) is 1. The van der Waals surface area contributed by atoms with Gasteiger partial charge in [0.25, 0.3) is 14.1 Å². The number of rotatable bonds is 39. The van der Waals surface area contributed by atoms with Crippen molar-refractivity contribution in [2.24, 2.45) is 0 Å². The van der Waals surface area contributed by atoms with Crippen LogP contribution in [0.15, 0.2) is 101 Å². The van der Waals surface area contributed by atoms with Gasteiger partial charge in [-0.3, -0.25) is 14.3 Å². The molecule has 0 saturated carbocycles. The van der Waals surface area contributed by atoms with Crippen molar-refractivity contribution < 1.29 is 32.7 Å². The van der Waals surface area contributed by atoms with Gasteiger partial charge in [0.15, 0.2) is 6.23 Å². The van der Waals surface area contributed by atoms with E-state index in [0.29, 0.717) is 18.1 Å². The van der Waals surface area contributed by atoms with Gasteiger partial charge in [0.2, 0.25) is 0 Å². The number of nitriles is 1. The largest absolute Gasteiger partial charge is 0.497 e. The number of H-pyrrole nitrogens is 1. The van der Waals surface area contributed by atoms with Crippen molar-refractivity contribution in [1.29, 1.82) is 5.26 Å². The third kappa shape index (κ3) is 19.2. The molecule has 1 aliphatic rings. The molecule has 1 aromatic heterocycles. The van der Waals surface area contributed by atoms with Gasteiger partial charge >= 0.3 is 5.69 Å². The standard InChI is InChI=1S/C61H91N4O9P/c1-8-9-10-11-12-13-14-15-16-17-18-19-20-21-22-23-24-25-26-30-45-70-58-57(74-75(72-46-31-43-62)65(48(2)3)49(4)5)55(73-59(58)64-44-42-56(66)63-60(64)67)47-71-61(50-32-28-27-29-33-50,51-34-38-53(68-6)39-35-51)52-36-40-54(69-7)41-37-52/h27-29,32-42,44,48-49,55,57-59H,8-26,30-31,45-47H2,1-7H3,(H,63,66,67)/t55-,57-,58-,59-,75?/m1/s1. The van der Waals surface area contributed by atoms with Crippen LogP contribution in [-0.2, 0) is 28.9 Å². The summed E-state index contributed by atoms with van der Waals surface area (Å²) in [6.07, 6.45) is 24.0. The van der Waals surface area contributed by atoms with Crippen molar-refractivity contribution in [2.45, 2.75) is 212 Å². The Hall–Kier alpha value is -4.38. The highest BCUT2D eigenvalue weighted by atomic mass is 31.2. The molecule has 1 fully saturated rings. The Balaban J connectivity index is 1.34. The number of aromatic amines is 1. The van der Waals surface area contributed by atoms with Crippen molar-refractivity contribution >= 4 is 8.53 Å². The second-order valence-corrected chi connectivity index (χ2v) is 22.0. The average molecular weight is 1060 g/mol. The number of unbranched alkanes of at least 4 members (excludes halogenated alkanes) is 19. The maximum atomic E-state index is 13.7. The lowest BCUT2D eigenvalue weighted by molar-refractivity contribution is -0.0977. The second-order valence-electron chi connectivity index (χ2n) is 20.6. The lowest BCUT2D eigenvalue weighted by atomic mass is 9.80. The van der Waals surface area contributed by atoms with Crippen molar-refractivity contribution in [3.63, 3.8) is 0 Å². The summed E-state index contributed by atoms with van der Waals surface area (Å²) in [7, 11) is 1.47. The smallest absolute Gasteiger partial charge is 0.330 e. The summed E-state index contributed by atoms with van der Waals surface area (Å²) >= 11 is 0. The van der Waals surface area contributed by atoms with Gasteiger partial charge in [0.1, 0.15) is 35.4 Å². The maximum Gasteiger partial charge on any atom is 0.330 e. The molecule has 13 nitrogen and oxygen atoms in total. The van der Waals surface area contributed by atoms with Crippen molar-refractivity contribution in [2.75, 3.05) is 34.0 Å². The summed E-state index contributed by atoms with van der Waals surface area (Å²) in [6, 6.07) is 29.2. The van der Waals surface area contributed by atoms with Gasteiger partial charge in [-0.1, -0.05) is 184 Å². The topological polar surface area (TPSA) is 146 Å². The number of hydrogen-bond acceptors (Lipinski definition) is 11. The summed E-state index contributed by atoms with van der Waals surface area (Å²) in [6.45, 7) is 11.2. The molecule has 0 bridgehead atoms. The molecule has 0 spiro atoms. The Morgan fingerprint density at radius 3 is 1.59 bits per heavy atom. The van der Waals surface area contributed by atoms with Crippen LogP contribution in [0.25, 0.3) is 0 Å². The van der Waals surface area contributed by atoms with Crippen LogP contribution in [0, 0.1) is 11.3 Å². The molecule has 1 unspecified atom stereocenters. The fourth-order valence-corrected chi connectivity index (χ4v) is 12.0. The first-order chi connectivity index (χ1) is 36.6. The Morgan fingerprint density at radius 2 is 1.13 bits per heavy atom. The van der Waals surface area contributed by atoms with Crippen LogP contribution in [0.3, 0.4) is 0 Å². The van der Waals surface area contributed by atoms with Gasteiger partial charge in [-0.05, 0) is 75.1 Å². The fourth-order valence-electron chi connectivity index (χ4n) is 10.3. The van der Waals surface area contributed by atoms with Crippen molar-refractivity contribution in [1.82, 2.24) is 14.2 Å². The van der Waals surface area contributed by atoms with E-state index in [1.54, 1.807) is 14.2 Å². The van der Waals surface area contributed by atoms with E-state index in [9.17, 15) is 14.9 Å². The van der Waals surface area contributed by atoms with Gasteiger partial charge in [-0.25, -0.2) is 9.46 Å². The Labute approximate surface area is 450 Å². The zero-order valence-corrected chi connectivity index (χ0v) is 47.5. The fraction of sp³-hybridized carbons (Fsp3) is 0.623. The van der Waals surface area contributed by atoms with Gasteiger partial charge in [0, 0.05) is 31.0 Å². The number of benzene rings is 3. The normalized spacial score (nSPS) is 17.2. The summed E-state index contributed by atoms with van der Waals surface area (Å²) in [4.78, 5) is 28.6. The number of ether oxygens (including phenoxy) is 5. The van der Waals surface area contributed by atoms with Crippen molar-refractivity contribution in [3.8, 4) is 17.6 Å². The number of aromatic nitrogens is 2. The lowest BCUT2D eigenvalue weighted by Gasteiger charge is -2.39. The zero-order chi connectivity index (χ0) is 53.7. The molecule has 4 aromatic rings. The minimum absolute atomic E-state index is 0.0115. The van der Waals surface area contributed by atoms with E-state index < -0.39 is 49.9 Å². The van der Waals surface area contributed by atoms with Crippen LogP contribution in [0.1, 0.15) is 192 Å². The highest BCUT2D eigenvalue weighted by Gasteiger charge is 2.51. The Morgan fingerprint density at radius 1 is 0.653 bits per heavy atom. The Kier molecular flexibility index (Phi) is 28.2. The molecule has 414 valence electrons. The van der Waals surface area contributed by atoms with Gasteiger partial charge < -0.3 is 32.7 Å². The molecule has 2 heterocycles. The summed E-state index contributed by atoms with van der Waals surface area (Å²) in [5.74, 6) is 1.39. The highest BCUT2D eigenvalue weighted by molar-refractivity contribution is 7.44. The minimum atomic E-state index is -1.81. The molecular weight excluding hydrogens is 964 g/mol. The third-order valence-corrected chi connectivity index (χ3v) is 16.4. The van der Waals surface area contributed by atoms with Crippen LogP contribution in [0.5, 0.6) is 11.5 Å². The molecule has 1 aliphatic heterocycles. The second kappa shape index (κ2) is 34.4. The quantitative estimate of drug-likeness (QED) is 0.0259. The first-order valence-corrected chi connectivity index (χ1v) is 29.5. The molecule has 1 saturated heterocycles. The predicted octanol–water partition coefficient (Wildman–Crippen LogP) is 14.3. The van der Waals surface area contributed by atoms with Crippen LogP contribution in [0.2, 0.25) is 0 Å². The Bertz CT molecular complexity index is 2250. The van der Waals surface area contributed by atoms with Crippen LogP contribution < -0.4 is 20.7 Å². The first-order valence-electron chi connectivity index (χ1n) is 28.4. The summed E-state index contributed by atoms with van der Waals surface area (Å²) in [5, 5.41) is 9.59. The predicted molar refractivity (Wildman–Crippen MR) is 301 cm³/mol. The van der Waals surface area contributed by atoms with Gasteiger partial charge in [-0.2, -0.15) is 5.26 Å². The summed E-state index contributed by atoms with van der Waals surface area (Å²) in [5.41, 5.74) is 0.194. The molecule has 5 atom stereocenters. The minimum Gasteiger partial charge on any atom is -0.497 e. The molecule has 0 aliphatic carbocycles. The van der Waals surface area contributed by atoms with E-state index in [1.807, 2.05) is 78.9 Å². The monoisotopic (exact) mass is 1050 g/mol. The van der Waals surface area contributed by atoms with Gasteiger partial charge in [0.05, 0.1) is 39.9 Å². The lowest BCUT2D eigenvalue weighted by Crippen LogP contribution is -2.43. The molecule has 3 aromatic carbocycles. The van der Waals surface area contributed by atoms with E-state index in [-0.39, 0.29) is 31.7 Å². The molecule has 1 N–H and O–H groups in total. The molecule has 75 heavy (non-hydrogen) atoms. The molecule has 5 rings (SSSR count). The third-order valence-electron chi connectivity index (χ3n) is 14.2. The SMILES string of the molecule is CCCCCCCCCCCCCCCCCCCCCCO[C@@H]1[C@H](OP(OCCC#N)N(C(C)C)C(C)C)[C@@H](COC(c2ccccc2)(c2ccc(OC)cc2)c2ccc(OC)cc2)O[C@H]1n1ccc(=O)[nH]c1=O. The van der Waals surface area contributed by atoms with E-state index in [0.717, 1.165) is 36.0 Å².